The summed E-state index contributed by atoms with van der Waals surface area (Å²) >= 11 is 5.08. The molecule has 0 saturated heterocycles. The van der Waals surface area contributed by atoms with Crippen molar-refractivity contribution in [2.24, 2.45) is 11.7 Å². The Balaban J connectivity index is 2.79. The van der Waals surface area contributed by atoms with Crippen LogP contribution < -0.4 is 16.0 Å². The van der Waals surface area contributed by atoms with Crippen molar-refractivity contribution >= 4 is 28.8 Å². The van der Waals surface area contributed by atoms with Gasteiger partial charge in [0.15, 0.2) is 0 Å². The van der Waals surface area contributed by atoms with Crippen molar-refractivity contribution in [3.05, 3.63) is 29.3 Å². The van der Waals surface area contributed by atoms with Gasteiger partial charge in [-0.1, -0.05) is 37.7 Å². The molecule has 20 heavy (non-hydrogen) atoms. The van der Waals surface area contributed by atoms with Gasteiger partial charge >= 0.3 is 0 Å². The zero-order valence-corrected chi connectivity index (χ0v) is 13.4. The molecule has 0 spiro atoms. The van der Waals surface area contributed by atoms with Crippen LogP contribution in [0.4, 0.5) is 5.69 Å². The molecule has 1 amide bonds. The van der Waals surface area contributed by atoms with Crippen LogP contribution in [0.15, 0.2) is 18.2 Å². The van der Waals surface area contributed by atoms with Gasteiger partial charge in [-0.05, 0) is 25.0 Å². The van der Waals surface area contributed by atoms with E-state index >= 15 is 0 Å². The molecule has 4 nitrogen and oxygen atoms in total. The molecule has 0 unspecified atom stereocenters. The zero-order valence-electron chi connectivity index (χ0n) is 12.6. The van der Waals surface area contributed by atoms with E-state index in [4.69, 9.17) is 18.0 Å². The van der Waals surface area contributed by atoms with E-state index in [1.165, 1.54) is 0 Å². The maximum Gasteiger partial charge on any atom is 0.239 e. The van der Waals surface area contributed by atoms with E-state index in [2.05, 4.69) is 19.2 Å². The molecular formula is C15H23N3OS. The highest BCUT2D eigenvalue weighted by Crippen LogP contribution is 2.20. The molecule has 5 heteroatoms. The van der Waals surface area contributed by atoms with E-state index in [9.17, 15) is 4.79 Å². The summed E-state index contributed by atoms with van der Waals surface area (Å²) in [5.74, 6) is 0.437. The number of nitrogens with one attached hydrogen (secondary N) is 1. The molecule has 1 rings (SSSR count). The Bertz CT molecular complexity index is 500. The number of amides is 1. The summed E-state index contributed by atoms with van der Waals surface area (Å²) in [7, 11) is 1.86. The molecular weight excluding hydrogens is 270 g/mol. The molecule has 0 saturated carbocycles. The van der Waals surface area contributed by atoms with Gasteiger partial charge in [-0.3, -0.25) is 4.79 Å². The fourth-order valence-electron chi connectivity index (χ4n) is 1.85. The number of nitrogens with zero attached hydrogens (tertiary/aromatic N) is 1. The number of likely N-dealkylation sites (N-methyl/N-ethyl adjacent to an activating group) is 1. The third kappa shape index (κ3) is 4.81. The Labute approximate surface area is 126 Å². The van der Waals surface area contributed by atoms with Crippen LogP contribution in [0.3, 0.4) is 0 Å². The van der Waals surface area contributed by atoms with Gasteiger partial charge in [0, 0.05) is 24.8 Å². The van der Waals surface area contributed by atoms with E-state index < -0.39 is 0 Å². The number of aryl methyl sites for hydroxylation is 1. The molecule has 110 valence electrons. The molecule has 1 aromatic rings. The molecule has 0 aliphatic heterocycles. The van der Waals surface area contributed by atoms with Crippen LogP contribution >= 0.6 is 12.2 Å². The van der Waals surface area contributed by atoms with Crippen LogP contribution in [-0.2, 0) is 4.79 Å². The van der Waals surface area contributed by atoms with Gasteiger partial charge in [0.25, 0.3) is 0 Å². The van der Waals surface area contributed by atoms with Gasteiger partial charge in [0.2, 0.25) is 5.91 Å². The van der Waals surface area contributed by atoms with Crippen molar-refractivity contribution in [2.75, 3.05) is 25.0 Å². The largest absolute Gasteiger partial charge is 0.389 e. The van der Waals surface area contributed by atoms with Crippen LogP contribution in [0.1, 0.15) is 25.0 Å². The van der Waals surface area contributed by atoms with Gasteiger partial charge < -0.3 is 16.0 Å². The van der Waals surface area contributed by atoms with Gasteiger partial charge in [-0.25, -0.2) is 0 Å². The Kier molecular flexibility index (Phi) is 5.95. The highest BCUT2D eigenvalue weighted by molar-refractivity contribution is 7.80. The third-order valence-electron chi connectivity index (χ3n) is 2.92. The normalized spacial score (nSPS) is 10.4. The summed E-state index contributed by atoms with van der Waals surface area (Å²) in [5.41, 5.74) is 8.53. The number of anilines is 1. The first-order valence-corrected chi connectivity index (χ1v) is 7.10. The minimum atomic E-state index is -0.00401. The molecule has 0 fully saturated rings. The van der Waals surface area contributed by atoms with E-state index in [-0.39, 0.29) is 12.5 Å². The average molecular weight is 293 g/mol. The summed E-state index contributed by atoms with van der Waals surface area (Å²) in [4.78, 5) is 14.1. The van der Waals surface area contributed by atoms with Gasteiger partial charge in [-0.15, -0.1) is 0 Å². The summed E-state index contributed by atoms with van der Waals surface area (Å²) in [6.07, 6.45) is 0. The lowest BCUT2D eigenvalue weighted by Gasteiger charge is -2.22. The topological polar surface area (TPSA) is 58.4 Å². The second-order valence-corrected chi connectivity index (χ2v) is 5.88. The van der Waals surface area contributed by atoms with E-state index in [0.29, 0.717) is 17.5 Å². The van der Waals surface area contributed by atoms with Crippen molar-refractivity contribution in [1.29, 1.82) is 0 Å². The number of hydrogen-bond acceptors (Lipinski definition) is 3. The zero-order chi connectivity index (χ0) is 15.3. The number of thiocarbonyl (C=S) groups is 1. The summed E-state index contributed by atoms with van der Waals surface area (Å²) in [6, 6.07) is 5.87. The monoisotopic (exact) mass is 293 g/mol. The third-order valence-corrected chi connectivity index (χ3v) is 3.14. The second-order valence-electron chi connectivity index (χ2n) is 5.44. The lowest BCUT2D eigenvalue weighted by Crippen LogP contribution is -2.37. The Morgan fingerprint density at radius 1 is 1.45 bits per heavy atom. The maximum absolute atomic E-state index is 11.9. The lowest BCUT2D eigenvalue weighted by molar-refractivity contribution is -0.119. The molecule has 0 aliphatic rings. The van der Waals surface area contributed by atoms with Crippen LogP contribution in [0.2, 0.25) is 0 Å². The van der Waals surface area contributed by atoms with Crippen LogP contribution in [0.25, 0.3) is 0 Å². The van der Waals surface area contributed by atoms with Crippen molar-refractivity contribution in [3.8, 4) is 0 Å². The molecule has 0 heterocycles. The summed E-state index contributed by atoms with van der Waals surface area (Å²) in [6.45, 7) is 7.08. The first kappa shape index (κ1) is 16.4. The molecule has 1 aromatic carbocycles. The average Bonchev–Trinajstić information content (AvgIpc) is 2.35. The standard InChI is InChI=1S/C15H23N3OS/c1-10(2)8-17-14(19)9-18(4)13-6-5-11(3)7-12(13)15(16)20/h5-7,10H,8-9H2,1-4H3,(H2,16,20)(H,17,19). The van der Waals surface area contributed by atoms with Crippen molar-refractivity contribution in [1.82, 2.24) is 5.32 Å². The number of nitrogens with two attached hydrogens (primary N) is 1. The van der Waals surface area contributed by atoms with E-state index in [1.54, 1.807) is 0 Å². The fourth-order valence-corrected chi connectivity index (χ4v) is 2.02. The Morgan fingerprint density at radius 3 is 2.65 bits per heavy atom. The Morgan fingerprint density at radius 2 is 2.10 bits per heavy atom. The highest BCUT2D eigenvalue weighted by Gasteiger charge is 2.13. The molecule has 0 bridgehead atoms. The minimum Gasteiger partial charge on any atom is -0.389 e. The van der Waals surface area contributed by atoms with Gasteiger partial charge in [0.05, 0.1) is 6.54 Å². The van der Waals surface area contributed by atoms with Crippen molar-refractivity contribution in [2.45, 2.75) is 20.8 Å². The van der Waals surface area contributed by atoms with Crippen LogP contribution in [0.5, 0.6) is 0 Å². The maximum atomic E-state index is 11.9. The van der Waals surface area contributed by atoms with Crippen LogP contribution in [0, 0.1) is 12.8 Å². The SMILES string of the molecule is Cc1ccc(N(C)CC(=O)NCC(C)C)c(C(N)=S)c1. The molecule has 3 N–H and O–H groups in total. The number of rotatable bonds is 6. The number of benzene rings is 1. The van der Waals surface area contributed by atoms with Crippen molar-refractivity contribution < 1.29 is 4.79 Å². The van der Waals surface area contributed by atoms with Gasteiger partial charge in [0.1, 0.15) is 4.99 Å². The van der Waals surface area contributed by atoms with Crippen LogP contribution in [-0.4, -0.2) is 31.0 Å². The molecule has 0 radical (unpaired) electrons. The fraction of sp³-hybridized carbons (Fsp3) is 0.467. The predicted octanol–water partition coefficient (Wildman–Crippen LogP) is 1.84. The van der Waals surface area contributed by atoms with E-state index in [0.717, 1.165) is 16.8 Å². The first-order valence-electron chi connectivity index (χ1n) is 6.69. The smallest absolute Gasteiger partial charge is 0.239 e. The Hall–Kier alpha value is -1.62. The number of carbonyl (C=O) groups is 1. The summed E-state index contributed by atoms with van der Waals surface area (Å²) < 4.78 is 0. The first-order chi connectivity index (χ1) is 9.31. The quantitative estimate of drug-likeness (QED) is 0.786. The minimum absolute atomic E-state index is 0.00401. The molecule has 0 aromatic heterocycles. The number of carbonyl (C=O) groups excluding carboxylic acids is 1. The molecule has 0 aliphatic carbocycles. The van der Waals surface area contributed by atoms with Crippen molar-refractivity contribution in [3.63, 3.8) is 0 Å². The van der Waals surface area contributed by atoms with Gasteiger partial charge in [-0.2, -0.15) is 0 Å². The highest BCUT2D eigenvalue weighted by atomic mass is 32.1. The lowest BCUT2D eigenvalue weighted by atomic mass is 10.1. The van der Waals surface area contributed by atoms with E-state index in [1.807, 2.05) is 37.1 Å². The predicted molar refractivity (Wildman–Crippen MR) is 88.2 cm³/mol. The number of hydrogen-bond donors (Lipinski definition) is 2. The second kappa shape index (κ2) is 7.24. The summed E-state index contributed by atoms with van der Waals surface area (Å²) in [5, 5.41) is 2.90. The molecule has 0 atom stereocenters.